The van der Waals surface area contributed by atoms with Gasteiger partial charge in [-0.05, 0) is 18.2 Å². The first-order valence-electron chi connectivity index (χ1n) is 4.51. The van der Waals surface area contributed by atoms with Gasteiger partial charge in [-0.3, -0.25) is 0 Å². The van der Waals surface area contributed by atoms with E-state index in [1.165, 1.54) is 5.69 Å². The first kappa shape index (κ1) is 8.30. The molecule has 2 heterocycles. The van der Waals surface area contributed by atoms with Crippen LogP contribution >= 0.6 is 0 Å². The van der Waals surface area contributed by atoms with Crippen molar-refractivity contribution in [1.82, 2.24) is 9.38 Å². The second kappa shape index (κ2) is 2.59. The van der Waals surface area contributed by atoms with Gasteiger partial charge in [0.25, 0.3) is 0 Å². The maximum absolute atomic E-state index is 4.28. The molecule has 2 rings (SSSR count). The molecule has 0 bridgehead atoms. The number of fused-ring (bicyclic) bond motifs is 1. The maximum atomic E-state index is 4.28. The summed E-state index contributed by atoms with van der Waals surface area (Å²) in [7, 11) is 0. The van der Waals surface area contributed by atoms with E-state index in [0.29, 0.717) is 0 Å². The fourth-order valence-corrected chi connectivity index (χ4v) is 1.55. The molecule has 0 aromatic carbocycles. The molecule has 13 heavy (non-hydrogen) atoms. The molecule has 0 N–H and O–H groups in total. The Balaban J connectivity index is 2.72. The average molecular weight is 174 g/mol. The van der Waals surface area contributed by atoms with Crippen molar-refractivity contribution in [2.24, 2.45) is 0 Å². The lowest BCUT2D eigenvalue weighted by molar-refractivity contribution is 0.563. The highest BCUT2D eigenvalue weighted by atomic mass is 15.0. The van der Waals surface area contributed by atoms with Crippen molar-refractivity contribution in [1.29, 1.82) is 0 Å². The predicted molar refractivity (Wildman–Crippen MR) is 53.9 cm³/mol. The van der Waals surface area contributed by atoms with Gasteiger partial charge in [-0.15, -0.1) is 0 Å². The highest BCUT2D eigenvalue weighted by Crippen LogP contribution is 2.23. The number of hydrogen-bond acceptors (Lipinski definition) is 1. The molecule has 0 amide bonds. The largest absolute Gasteiger partial charge is 0.305 e. The standard InChI is InChI=1S/C11H14N2/c1-11(2,3)9-5-6-10-12-7-4-8-13(9)10/h4-8H,1-3H3. The average Bonchev–Trinajstić information content (AvgIpc) is 2.45. The fourth-order valence-electron chi connectivity index (χ4n) is 1.55. The lowest BCUT2D eigenvalue weighted by Crippen LogP contribution is -2.13. The molecule has 0 saturated carbocycles. The van der Waals surface area contributed by atoms with Crippen LogP contribution in [0.25, 0.3) is 5.65 Å². The Bertz CT molecular complexity index is 421. The van der Waals surface area contributed by atoms with Crippen LogP contribution in [0.15, 0.2) is 30.6 Å². The molecule has 2 nitrogen and oxygen atoms in total. The molecule has 0 atom stereocenters. The van der Waals surface area contributed by atoms with Crippen molar-refractivity contribution < 1.29 is 0 Å². The summed E-state index contributed by atoms with van der Waals surface area (Å²) >= 11 is 0. The summed E-state index contributed by atoms with van der Waals surface area (Å²) in [6, 6.07) is 6.16. The van der Waals surface area contributed by atoms with Crippen LogP contribution in [0.5, 0.6) is 0 Å². The van der Waals surface area contributed by atoms with Gasteiger partial charge in [-0.2, -0.15) is 0 Å². The molecule has 2 aromatic rings. The third kappa shape index (κ3) is 1.32. The number of hydrogen-bond donors (Lipinski definition) is 0. The van der Waals surface area contributed by atoms with Crippen LogP contribution in [0.3, 0.4) is 0 Å². The molecule has 0 saturated heterocycles. The van der Waals surface area contributed by atoms with Gasteiger partial charge in [0.1, 0.15) is 5.65 Å². The predicted octanol–water partition coefficient (Wildman–Crippen LogP) is 2.63. The normalized spacial score (nSPS) is 12.2. The van der Waals surface area contributed by atoms with Crippen LogP contribution in [0.1, 0.15) is 26.5 Å². The van der Waals surface area contributed by atoms with Gasteiger partial charge in [-0.1, -0.05) is 20.8 Å². The van der Waals surface area contributed by atoms with E-state index in [1.807, 2.05) is 12.3 Å². The van der Waals surface area contributed by atoms with Crippen molar-refractivity contribution in [2.45, 2.75) is 26.2 Å². The molecule has 0 aliphatic rings. The highest BCUT2D eigenvalue weighted by molar-refractivity contribution is 5.43. The Labute approximate surface area is 78.2 Å². The second-order valence-corrected chi connectivity index (χ2v) is 4.32. The third-order valence-electron chi connectivity index (χ3n) is 2.19. The van der Waals surface area contributed by atoms with E-state index in [0.717, 1.165) is 5.65 Å². The molecule has 0 radical (unpaired) electrons. The Morgan fingerprint density at radius 2 is 2.00 bits per heavy atom. The van der Waals surface area contributed by atoms with Crippen LogP contribution in [0.4, 0.5) is 0 Å². The number of nitrogens with zero attached hydrogens (tertiary/aromatic N) is 2. The van der Waals surface area contributed by atoms with Gasteiger partial charge in [-0.25, -0.2) is 4.98 Å². The van der Waals surface area contributed by atoms with Gasteiger partial charge < -0.3 is 4.40 Å². The van der Waals surface area contributed by atoms with Crippen LogP contribution in [-0.2, 0) is 5.41 Å². The number of aromatic nitrogens is 2. The summed E-state index contributed by atoms with van der Waals surface area (Å²) in [5.41, 5.74) is 2.50. The van der Waals surface area contributed by atoms with Gasteiger partial charge in [0, 0.05) is 23.5 Å². The van der Waals surface area contributed by atoms with E-state index in [-0.39, 0.29) is 5.41 Å². The van der Waals surface area contributed by atoms with Crippen molar-refractivity contribution in [2.75, 3.05) is 0 Å². The smallest absolute Gasteiger partial charge is 0.136 e. The summed E-state index contributed by atoms with van der Waals surface area (Å²) in [5, 5.41) is 0. The van der Waals surface area contributed by atoms with Crippen molar-refractivity contribution in [3.05, 3.63) is 36.3 Å². The zero-order valence-electron chi connectivity index (χ0n) is 8.28. The summed E-state index contributed by atoms with van der Waals surface area (Å²) < 4.78 is 2.14. The van der Waals surface area contributed by atoms with Crippen LogP contribution in [-0.4, -0.2) is 9.38 Å². The van der Waals surface area contributed by atoms with Gasteiger partial charge in [0.05, 0.1) is 0 Å². The topological polar surface area (TPSA) is 17.3 Å². The molecule has 68 valence electrons. The van der Waals surface area contributed by atoms with Crippen molar-refractivity contribution in [3.63, 3.8) is 0 Å². The summed E-state index contributed by atoms with van der Waals surface area (Å²) in [6.07, 6.45) is 3.88. The Kier molecular flexibility index (Phi) is 1.65. The molecule has 0 aliphatic carbocycles. The SMILES string of the molecule is CC(C)(C)c1ccc2ncccn12. The molecule has 2 aromatic heterocycles. The van der Waals surface area contributed by atoms with E-state index in [2.05, 4.69) is 48.5 Å². The molecule has 0 unspecified atom stereocenters. The monoisotopic (exact) mass is 174 g/mol. The second-order valence-electron chi connectivity index (χ2n) is 4.32. The first-order valence-corrected chi connectivity index (χ1v) is 4.51. The lowest BCUT2D eigenvalue weighted by atomic mass is 9.92. The van der Waals surface area contributed by atoms with E-state index >= 15 is 0 Å². The summed E-state index contributed by atoms with van der Waals surface area (Å²) in [6.45, 7) is 6.63. The molecule has 0 fully saturated rings. The molecule has 0 aliphatic heterocycles. The van der Waals surface area contributed by atoms with Gasteiger partial charge in [0.15, 0.2) is 0 Å². The quantitative estimate of drug-likeness (QED) is 0.600. The minimum Gasteiger partial charge on any atom is -0.305 e. The van der Waals surface area contributed by atoms with Crippen LogP contribution < -0.4 is 0 Å². The summed E-state index contributed by atoms with van der Waals surface area (Å²) in [5.74, 6) is 0. The molecular formula is C11H14N2. The van der Waals surface area contributed by atoms with Crippen molar-refractivity contribution >= 4 is 5.65 Å². The van der Waals surface area contributed by atoms with Gasteiger partial charge >= 0.3 is 0 Å². The minimum absolute atomic E-state index is 0.176. The molecule has 2 heteroatoms. The highest BCUT2D eigenvalue weighted by Gasteiger charge is 2.17. The Hall–Kier alpha value is -1.31. The van der Waals surface area contributed by atoms with E-state index < -0.39 is 0 Å². The fraction of sp³-hybridized carbons (Fsp3) is 0.364. The minimum atomic E-state index is 0.176. The third-order valence-corrected chi connectivity index (χ3v) is 2.19. The van der Waals surface area contributed by atoms with Crippen LogP contribution in [0, 0.1) is 0 Å². The lowest BCUT2D eigenvalue weighted by Gasteiger charge is -2.18. The van der Waals surface area contributed by atoms with E-state index in [1.54, 1.807) is 0 Å². The molecular weight excluding hydrogens is 160 g/mol. The Morgan fingerprint density at radius 1 is 1.23 bits per heavy atom. The zero-order chi connectivity index (χ0) is 9.47. The Morgan fingerprint density at radius 3 is 2.69 bits per heavy atom. The number of rotatable bonds is 0. The zero-order valence-corrected chi connectivity index (χ0v) is 8.28. The molecule has 0 spiro atoms. The summed E-state index contributed by atoms with van der Waals surface area (Å²) in [4.78, 5) is 4.28. The van der Waals surface area contributed by atoms with E-state index in [4.69, 9.17) is 0 Å². The van der Waals surface area contributed by atoms with E-state index in [9.17, 15) is 0 Å². The van der Waals surface area contributed by atoms with Gasteiger partial charge in [0.2, 0.25) is 0 Å². The van der Waals surface area contributed by atoms with Crippen molar-refractivity contribution in [3.8, 4) is 0 Å². The first-order chi connectivity index (χ1) is 6.09. The maximum Gasteiger partial charge on any atom is 0.136 e. The van der Waals surface area contributed by atoms with Crippen LogP contribution in [0.2, 0.25) is 0 Å².